The topological polar surface area (TPSA) is 77.0 Å². The van der Waals surface area contributed by atoms with Gasteiger partial charge in [-0.2, -0.15) is 5.10 Å². The lowest BCUT2D eigenvalue weighted by molar-refractivity contribution is -0.123. The first-order valence-electron chi connectivity index (χ1n) is 10.9. The second-order valence-electron chi connectivity index (χ2n) is 7.92. The van der Waals surface area contributed by atoms with E-state index in [1.54, 1.807) is 30.3 Å². The highest BCUT2D eigenvalue weighted by molar-refractivity contribution is 6.30. The van der Waals surface area contributed by atoms with E-state index in [1.165, 1.54) is 6.21 Å². The SMILES string of the molecule is Cc1ccc(OCC(=O)N/N=C/c2c(OC(=O)c3ccc(Cl)cc3)ccc3ccccc23)cc1C. The van der Waals surface area contributed by atoms with Gasteiger partial charge in [0.15, 0.2) is 6.61 Å². The molecule has 4 rings (SSSR count). The molecule has 4 aromatic rings. The minimum atomic E-state index is -0.530. The van der Waals surface area contributed by atoms with Crippen molar-refractivity contribution < 1.29 is 19.1 Å². The number of halogens is 1. The Bertz CT molecular complexity index is 1410. The van der Waals surface area contributed by atoms with Gasteiger partial charge in [0.05, 0.1) is 11.8 Å². The Labute approximate surface area is 208 Å². The second kappa shape index (κ2) is 10.8. The number of nitrogens with one attached hydrogen (secondary N) is 1. The van der Waals surface area contributed by atoms with Crippen LogP contribution in [0.2, 0.25) is 5.02 Å². The molecule has 0 saturated heterocycles. The summed E-state index contributed by atoms with van der Waals surface area (Å²) in [6, 6.07) is 23.2. The van der Waals surface area contributed by atoms with Crippen molar-refractivity contribution in [2.75, 3.05) is 6.61 Å². The van der Waals surface area contributed by atoms with Crippen LogP contribution in [0.15, 0.2) is 84.0 Å². The monoisotopic (exact) mass is 486 g/mol. The lowest BCUT2D eigenvalue weighted by atomic mass is 10.0. The van der Waals surface area contributed by atoms with Crippen LogP contribution in [0, 0.1) is 13.8 Å². The zero-order chi connectivity index (χ0) is 24.8. The standard InChI is InChI=1S/C28H23ClN2O4/c1-18-7-13-23(15-19(18)2)34-17-27(32)31-30-16-25-24-6-4-3-5-20(24)10-14-26(25)35-28(33)21-8-11-22(29)12-9-21/h3-16H,17H2,1-2H3,(H,31,32)/b30-16+. The van der Waals surface area contributed by atoms with Gasteiger partial charge in [0.2, 0.25) is 0 Å². The second-order valence-corrected chi connectivity index (χ2v) is 8.36. The van der Waals surface area contributed by atoms with Crippen LogP contribution in [0.4, 0.5) is 0 Å². The summed E-state index contributed by atoms with van der Waals surface area (Å²) in [5.41, 5.74) is 5.61. The van der Waals surface area contributed by atoms with Crippen molar-refractivity contribution in [3.63, 3.8) is 0 Å². The molecule has 0 aliphatic rings. The smallest absolute Gasteiger partial charge is 0.343 e. The van der Waals surface area contributed by atoms with Crippen LogP contribution in [0.3, 0.4) is 0 Å². The van der Waals surface area contributed by atoms with Crippen LogP contribution in [0.25, 0.3) is 10.8 Å². The van der Waals surface area contributed by atoms with Gasteiger partial charge in [-0.1, -0.05) is 48.0 Å². The molecule has 0 spiro atoms. The number of amides is 1. The molecule has 0 radical (unpaired) electrons. The molecule has 1 amide bonds. The summed E-state index contributed by atoms with van der Waals surface area (Å²) < 4.78 is 11.2. The first kappa shape index (κ1) is 24.0. The average Bonchev–Trinajstić information content (AvgIpc) is 2.86. The highest BCUT2D eigenvalue weighted by Gasteiger charge is 2.14. The normalized spacial score (nSPS) is 10.9. The van der Waals surface area contributed by atoms with Gasteiger partial charge >= 0.3 is 5.97 Å². The molecule has 0 fully saturated rings. The molecule has 0 unspecified atom stereocenters. The van der Waals surface area contributed by atoms with E-state index in [1.807, 2.05) is 62.4 Å². The van der Waals surface area contributed by atoms with Crippen LogP contribution in [0.1, 0.15) is 27.0 Å². The van der Waals surface area contributed by atoms with E-state index in [-0.39, 0.29) is 6.61 Å². The predicted octanol–water partition coefficient (Wildman–Crippen LogP) is 5.86. The van der Waals surface area contributed by atoms with Gasteiger partial charge in [-0.25, -0.2) is 10.2 Å². The number of ether oxygens (including phenoxy) is 2. The number of rotatable bonds is 7. The van der Waals surface area contributed by atoms with Crippen molar-refractivity contribution in [3.8, 4) is 11.5 Å². The maximum atomic E-state index is 12.7. The van der Waals surface area contributed by atoms with Crippen molar-refractivity contribution in [3.05, 3.63) is 106 Å². The van der Waals surface area contributed by atoms with E-state index >= 15 is 0 Å². The summed E-state index contributed by atoms with van der Waals surface area (Å²) in [5.74, 6) is -0.0254. The molecule has 35 heavy (non-hydrogen) atoms. The van der Waals surface area contributed by atoms with Gasteiger partial charge in [-0.15, -0.1) is 0 Å². The highest BCUT2D eigenvalue weighted by Crippen LogP contribution is 2.27. The number of carbonyl (C=O) groups excluding carboxylic acids is 2. The first-order chi connectivity index (χ1) is 16.9. The Morgan fingerprint density at radius 2 is 1.71 bits per heavy atom. The minimum Gasteiger partial charge on any atom is -0.484 e. The van der Waals surface area contributed by atoms with E-state index in [9.17, 15) is 9.59 Å². The minimum absolute atomic E-state index is 0.187. The molecule has 4 aromatic carbocycles. The quantitative estimate of drug-likeness (QED) is 0.154. The lowest BCUT2D eigenvalue weighted by Crippen LogP contribution is -2.24. The summed E-state index contributed by atoms with van der Waals surface area (Å²) in [6.07, 6.45) is 1.46. The van der Waals surface area contributed by atoms with Crippen LogP contribution in [0.5, 0.6) is 11.5 Å². The number of hydrogen-bond acceptors (Lipinski definition) is 5. The molecule has 0 heterocycles. The maximum absolute atomic E-state index is 12.7. The number of benzene rings is 4. The molecule has 0 atom stereocenters. The largest absolute Gasteiger partial charge is 0.484 e. The summed E-state index contributed by atoms with van der Waals surface area (Å²) in [7, 11) is 0. The molecule has 0 aromatic heterocycles. The van der Waals surface area contributed by atoms with Crippen LogP contribution < -0.4 is 14.9 Å². The summed E-state index contributed by atoms with van der Waals surface area (Å²) >= 11 is 5.91. The Hall–Kier alpha value is -4.16. The van der Waals surface area contributed by atoms with Crippen molar-refractivity contribution in [1.82, 2.24) is 5.43 Å². The number of nitrogens with zero attached hydrogens (tertiary/aromatic N) is 1. The van der Waals surface area contributed by atoms with Crippen molar-refractivity contribution in [1.29, 1.82) is 0 Å². The molecule has 0 bridgehead atoms. The number of hydrogen-bond donors (Lipinski definition) is 1. The van der Waals surface area contributed by atoms with Crippen molar-refractivity contribution >= 4 is 40.5 Å². The van der Waals surface area contributed by atoms with Gasteiger partial charge in [-0.3, -0.25) is 4.79 Å². The fourth-order valence-corrected chi connectivity index (χ4v) is 3.52. The Morgan fingerprint density at radius 1 is 0.943 bits per heavy atom. The molecular weight excluding hydrogens is 464 g/mol. The highest BCUT2D eigenvalue weighted by atomic mass is 35.5. The summed E-state index contributed by atoms with van der Waals surface area (Å²) in [6.45, 7) is 3.80. The maximum Gasteiger partial charge on any atom is 0.343 e. The van der Waals surface area contributed by atoms with Crippen LogP contribution in [-0.2, 0) is 4.79 Å². The van der Waals surface area contributed by atoms with E-state index in [0.29, 0.717) is 27.6 Å². The third-order valence-corrected chi connectivity index (χ3v) is 5.70. The Balaban J connectivity index is 1.49. The number of carbonyl (C=O) groups is 2. The average molecular weight is 487 g/mol. The van der Waals surface area contributed by atoms with Crippen LogP contribution >= 0.6 is 11.6 Å². The molecule has 0 aliphatic heterocycles. The van der Waals surface area contributed by atoms with Crippen LogP contribution in [-0.4, -0.2) is 24.7 Å². The predicted molar refractivity (Wildman–Crippen MR) is 138 cm³/mol. The number of hydrazone groups is 1. The number of fused-ring (bicyclic) bond motifs is 1. The van der Waals surface area contributed by atoms with E-state index in [0.717, 1.165) is 21.9 Å². The van der Waals surface area contributed by atoms with E-state index < -0.39 is 11.9 Å². The fraction of sp³-hybridized carbons (Fsp3) is 0.107. The zero-order valence-corrected chi connectivity index (χ0v) is 20.0. The third-order valence-electron chi connectivity index (χ3n) is 5.44. The summed E-state index contributed by atoms with van der Waals surface area (Å²) in [5, 5.41) is 6.35. The van der Waals surface area contributed by atoms with Gasteiger partial charge in [0, 0.05) is 10.6 Å². The van der Waals surface area contributed by atoms with Gasteiger partial charge < -0.3 is 9.47 Å². The van der Waals surface area contributed by atoms with Crippen molar-refractivity contribution in [2.24, 2.45) is 5.10 Å². The van der Waals surface area contributed by atoms with Gasteiger partial charge in [0.1, 0.15) is 11.5 Å². The van der Waals surface area contributed by atoms with Gasteiger partial charge in [-0.05, 0) is 78.2 Å². The molecule has 1 N–H and O–H groups in total. The molecule has 7 heteroatoms. The number of aryl methyl sites for hydroxylation is 2. The third kappa shape index (κ3) is 6.05. The van der Waals surface area contributed by atoms with E-state index in [2.05, 4.69) is 10.5 Å². The molecule has 0 saturated carbocycles. The molecule has 6 nitrogen and oxygen atoms in total. The lowest BCUT2D eigenvalue weighted by Gasteiger charge is -2.11. The Kier molecular flexibility index (Phi) is 7.43. The molecule has 0 aliphatic carbocycles. The Morgan fingerprint density at radius 3 is 2.49 bits per heavy atom. The molecule has 176 valence electrons. The first-order valence-corrected chi connectivity index (χ1v) is 11.3. The fourth-order valence-electron chi connectivity index (χ4n) is 3.40. The zero-order valence-electron chi connectivity index (χ0n) is 19.2. The molecular formula is C28H23ClN2O4. The van der Waals surface area contributed by atoms with Crippen molar-refractivity contribution in [2.45, 2.75) is 13.8 Å². The number of esters is 1. The van der Waals surface area contributed by atoms with Gasteiger partial charge in [0.25, 0.3) is 5.91 Å². The van der Waals surface area contributed by atoms with E-state index in [4.69, 9.17) is 21.1 Å². The summed E-state index contributed by atoms with van der Waals surface area (Å²) in [4.78, 5) is 24.9.